The molecule has 23 rings (SSSR count). The molecule has 1 atom stereocenters. The van der Waals surface area contributed by atoms with Gasteiger partial charge in [0.05, 0.1) is 28.4 Å². The molecule has 18 aromatic rings. The molecule has 7 nitrogen and oxygen atoms in total. The first-order valence-corrected chi connectivity index (χ1v) is 39.2. The molecule has 0 N–H and O–H groups in total. The van der Waals surface area contributed by atoms with E-state index in [2.05, 4.69) is 356 Å². The summed E-state index contributed by atoms with van der Waals surface area (Å²) in [5.41, 5.74) is 34.8. The van der Waals surface area contributed by atoms with Gasteiger partial charge < -0.3 is 32.9 Å². The fourth-order valence-electron chi connectivity index (χ4n) is 19.6. The highest BCUT2D eigenvalue weighted by atomic mass is 32.1. The molecule has 0 bridgehead atoms. The maximum absolute atomic E-state index is 7.23. The van der Waals surface area contributed by atoms with Crippen LogP contribution < -0.4 is 52.1 Å². The number of hydrogen-bond donors (Lipinski definition) is 0. The van der Waals surface area contributed by atoms with Crippen molar-refractivity contribution in [2.24, 2.45) is 0 Å². The Morgan fingerprint density at radius 3 is 1.66 bits per heavy atom. The van der Waals surface area contributed by atoms with Gasteiger partial charge in [0.1, 0.15) is 28.7 Å². The van der Waals surface area contributed by atoms with Crippen molar-refractivity contribution in [1.82, 2.24) is 0 Å². The number of nitrogens with zero attached hydrogens (tertiary/aromatic N) is 4. The van der Waals surface area contributed by atoms with E-state index in [0.29, 0.717) is 0 Å². The van der Waals surface area contributed by atoms with Crippen LogP contribution in [-0.4, -0.2) is 13.4 Å². The lowest BCUT2D eigenvalue weighted by Gasteiger charge is -2.44. The van der Waals surface area contributed by atoms with Crippen LogP contribution in [0.2, 0.25) is 0 Å². The van der Waals surface area contributed by atoms with Gasteiger partial charge in [0.25, 0.3) is 6.71 Å². The van der Waals surface area contributed by atoms with E-state index in [4.69, 9.17) is 13.3 Å². The molecule has 4 aromatic heterocycles. The van der Waals surface area contributed by atoms with Crippen molar-refractivity contribution in [2.75, 3.05) is 19.6 Å². The van der Waals surface area contributed by atoms with Gasteiger partial charge >= 0.3 is 6.71 Å². The average molecular weight is 1430 g/mol. The van der Waals surface area contributed by atoms with E-state index in [1.54, 1.807) is 0 Å². The van der Waals surface area contributed by atoms with Crippen molar-refractivity contribution < 1.29 is 13.3 Å². The topological polar surface area (TPSA) is 52.4 Å². The summed E-state index contributed by atoms with van der Waals surface area (Å²) in [6, 6.07) is 121. The number of anilines is 12. The number of thiophene rings is 1. The zero-order valence-corrected chi connectivity index (χ0v) is 61.8. The molecule has 110 heavy (non-hydrogen) atoms. The molecular formula is C100H70B2N4O3S. The Labute approximate surface area is 642 Å². The number of hydrogen-bond acceptors (Lipinski definition) is 8. The zero-order valence-electron chi connectivity index (χ0n) is 61.0. The second kappa shape index (κ2) is 24.0. The second-order valence-electron chi connectivity index (χ2n) is 31.3. The van der Waals surface area contributed by atoms with Gasteiger partial charge in [-0.15, -0.1) is 11.3 Å². The van der Waals surface area contributed by atoms with Gasteiger partial charge in [0.15, 0.2) is 0 Å². The molecule has 10 heteroatoms. The summed E-state index contributed by atoms with van der Waals surface area (Å²) in [5, 5.41) is 4.47. The largest absolute Gasteiger partial charge is 0.469 e. The third kappa shape index (κ3) is 9.32. The maximum atomic E-state index is 7.23. The van der Waals surface area contributed by atoms with Crippen molar-refractivity contribution in [2.45, 2.75) is 50.9 Å². The highest BCUT2D eigenvalue weighted by molar-refractivity contribution is 7.34. The Bertz CT molecular complexity index is 6790. The van der Waals surface area contributed by atoms with Crippen LogP contribution >= 0.6 is 11.3 Å². The molecule has 520 valence electrons. The van der Waals surface area contributed by atoms with E-state index in [0.717, 1.165) is 142 Å². The Hall–Kier alpha value is -13.0. The fraction of sp³-hybridized carbons (Fsp3) is 0.0800. The third-order valence-corrected chi connectivity index (χ3v) is 25.9. The summed E-state index contributed by atoms with van der Waals surface area (Å²) < 4.78 is 23.7. The van der Waals surface area contributed by atoms with Crippen molar-refractivity contribution in [3.8, 4) is 44.5 Å². The van der Waals surface area contributed by atoms with Crippen molar-refractivity contribution in [3.63, 3.8) is 0 Å². The van der Waals surface area contributed by atoms with Crippen LogP contribution in [0.4, 0.5) is 68.2 Å². The molecule has 0 spiro atoms. The number of furan rings is 3. The van der Waals surface area contributed by atoms with Gasteiger partial charge in [-0.05, 0) is 229 Å². The highest BCUT2D eigenvalue weighted by Gasteiger charge is 2.52. The molecule has 1 aliphatic carbocycles. The lowest BCUT2D eigenvalue weighted by Crippen LogP contribution is -2.54. The SMILES string of the molecule is CC1(C)CCC(C)(Cc2ccc(N(c3cccc(-c4ccccc4)c3)c3ccc4c5c3-c3c(oc6ccccc36)B5c3oc5ccccc5c3N4c3coc4ccccc34)cc2)c2cc3sc4c(c3cc21)-c1c(N(c2ccccc2)c2ccc(-c3ccccc3)cc2)ccc2c1B4c1ccccc1N2c1ccccc1. The standard InChI is InChI=1S/C100H70B2N4O3S/c1-99(2)55-56-100(3,77-59-88-75(58-76(77)99)90-92-81(103(67-30-12-6-13-31-67)70-49-45-65(46-50-70)63-25-8-4-9-26-63)51-53-82-93(92)101(98(90)110-88)78-38-19-20-39-79(78)105(82)68-32-14-7-15-33-68)60-62-43-47-69(48-44-62)104(71-34-24-29-66(57-71)64-27-10-5-11-28-64)80-52-54-83-94-91(80)89-73-36-17-22-41-86(73)108-96(89)102(94)97-95(74-37-18-23-42-87(74)109-97)106(83)84-61-107-85-40-21-16-35-72(84)85/h4-54,57-59,61H,55-56,60H2,1-3H3. The summed E-state index contributed by atoms with van der Waals surface area (Å²) >= 11 is 2.02. The van der Waals surface area contributed by atoms with Gasteiger partial charge in [0.2, 0.25) is 0 Å². The molecule has 0 fully saturated rings. The Kier molecular flexibility index (Phi) is 13.8. The first-order chi connectivity index (χ1) is 54.2. The summed E-state index contributed by atoms with van der Waals surface area (Å²) in [4.78, 5) is 9.92. The van der Waals surface area contributed by atoms with Crippen LogP contribution in [0.5, 0.6) is 0 Å². The van der Waals surface area contributed by atoms with Gasteiger partial charge in [-0.25, -0.2) is 0 Å². The summed E-state index contributed by atoms with van der Waals surface area (Å²) in [6.07, 6.45) is 4.90. The van der Waals surface area contributed by atoms with E-state index in [-0.39, 0.29) is 24.3 Å². The fourth-order valence-corrected chi connectivity index (χ4v) is 20.9. The van der Waals surface area contributed by atoms with Crippen LogP contribution in [-0.2, 0) is 17.3 Å². The van der Waals surface area contributed by atoms with Gasteiger partial charge in [-0.3, -0.25) is 0 Å². The molecule has 0 saturated carbocycles. The zero-order chi connectivity index (χ0) is 72.7. The molecule has 0 amide bonds. The first kappa shape index (κ1) is 63.1. The monoisotopic (exact) mass is 1430 g/mol. The van der Waals surface area contributed by atoms with Crippen LogP contribution in [0, 0.1) is 0 Å². The normalized spacial score (nSPS) is 15.2. The predicted molar refractivity (Wildman–Crippen MR) is 461 cm³/mol. The van der Waals surface area contributed by atoms with Gasteiger partial charge in [-0.1, -0.05) is 215 Å². The number of para-hydroxylation sites is 6. The Morgan fingerprint density at radius 2 is 0.927 bits per heavy atom. The van der Waals surface area contributed by atoms with Crippen LogP contribution in [0.25, 0.3) is 87.5 Å². The first-order valence-electron chi connectivity index (χ1n) is 38.4. The Balaban J connectivity index is 0.679. The minimum atomic E-state index is -0.338. The van der Waals surface area contributed by atoms with Gasteiger partial charge in [0, 0.05) is 88.4 Å². The summed E-state index contributed by atoms with van der Waals surface area (Å²) in [7, 11) is 0. The number of benzene rings is 14. The predicted octanol–water partition coefficient (Wildman–Crippen LogP) is 23.5. The number of fused-ring (bicyclic) bond motifs is 18. The van der Waals surface area contributed by atoms with Gasteiger partial charge in [-0.2, -0.15) is 0 Å². The summed E-state index contributed by atoms with van der Waals surface area (Å²) in [6.45, 7) is 7.23. The van der Waals surface area contributed by atoms with E-state index in [9.17, 15) is 0 Å². The quantitative estimate of drug-likeness (QED) is 0.113. The minimum Gasteiger partial charge on any atom is -0.469 e. The van der Waals surface area contributed by atoms with E-state index >= 15 is 0 Å². The molecule has 14 aromatic carbocycles. The molecular weight excluding hydrogens is 1360 g/mol. The van der Waals surface area contributed by atoms with Crippen molar-refractivity contribution in [3.05, 3.63) is 351 Å². The molecule has 5 aliphatic rings. The molecule has 1 unspecified atom stereocenters. The Morgan fingerprint density at radius 1 is 0.382 bits per heavy atom. The number of rotatable bonds is 12. The lowest BCUT2D eigenvalue weighted by atomic mass is 9.39. The van der Waals surface area contributed by atoms with Crippen molar-refractivity contribution in [1.29, 1.82) is 0 Å². The lowest BCUT2D eigenvalue weighted by molar-refractivity contribution is 0.311. The van der Waals surface area contributed by atoms with E-state index in [1.165, 1.54) is 81.8 Å². The smallest absolute Gasteiger partial charge is 0.338 e. The van der Waals surface area contributed by atoms with E-state index < -0.39 is 0 Å². The average Bonchev–Trinajstić information content (AvgIpc) is 1.49. The van der Waals surface area contributed by atoms with Crippen molar-refractivity contribution >= 4 is 168 Å². The second-order valence-corrected chi connectivity index (χ2v) is 32.4. The third-order valence-electron chi connectivity index (χ3n) is 24.7. The summed E-state index contributed by atoms with van der Waals surface area (Å²) in [5.74, 6) is 0. The van der Waals surface area contributed by atoms with E-state index in [1.807, 2.05) is 29.7 Å². The van der Waals surface area contributed by atoms with Crippen LogP contribution in [0.15, 0.2) is 347 Å². The molecule has 0 radical (unpaired) electrons. The molecule has 4 aliphatic heterocycles. The molecule has 0 saturated heterocycles. The maximum Gasteiger partial charge on any atom is 0.338 e. The van der Waals surface area contributed by atoms with Crippen LogP contribution in [0.3, 0.4) is 0 Å². The van der Waals surface area contributed by atoms with Crippen LogP contribution in [0.1, 0.15) is 50.3 Å². The minimum absolute atomic E-state index is 0.0251. The highest BCUT2D eigenvalue weighted by Crippen LogP contribution is 2.57. The molecule has 8 heterocycles.